The fourth-order valence-corrected chi connectivity index (χ4v) is 11.2. The monoisotopic (exact) mass is 1260 g/mol. The molecule has 9 atom stereocenters. The summed E-state index contributed by atoms with van der Waals surface area (Å²) < 4.78 is 14.7. The van der Waals surface area contributed by atoms with Gasteiger partial charge in [-0.15, -0.1) is 0 Å². The molecule has 3 fully saturated rings. The second kappa shape index (κ2) is 32.2. The lowest BCUT2D eigenvalue weighted by atomic mass is 10.1. The van der Waals surface area contributed by atoms with Crippen LogP contribution in [-0.2, 0) is 84.5 Å². The zero-order valence-electron chi connectivity index (χ0n) is 48.3. The Balaban J connectivity index is 1.20. The van der Waals surface area contributed by atoms with Crippen LogP contribution in [0, 0.1) is 6.92 Å². The van der Waals surface area contributed by atoms with Gasteiger partial charge in [0.25, 0.3) is 5.91 Å². The molecule has 14 amide bonds. The standard InChI is InChI=1S/C55H72N14O17S2/c1-4-8-35-48(80)60-26-45(77)67-53(88(86)52-28(2)33-9-5-6-10-34(33)66-52)51(83)65-37(54(84)68-17-7-11-38(68)50(82)64-36(19-32(71)27-70)49(81)59-23-42(74)58-25-44(76)63-35)20-41(73)56-22-30-12-14-31(15-13-30)62-47(79)29(3)61-43(75)24-57-40(72)16-18-69-46(78)21-39(87)55(69)85/h5-6,9-10,12-15,29,32,35-39,53,66,70-71,87H,4,7-8,11,16-27H2,1-3H3,(H,56,73)(H,57,72)(H,58,74)(H,59,81)(H,60,80)(H,61,75)(H,62,79)(H,63,76)(H,64,82)(H,65,83)(H,67,77)/t29-,32+,35?,36-,37-,38-,39?,53?,88?/m0/s1. The summed E-state index contributed by atoms with van der Waals surface area (Å²) in [5.74, 6) is -11.6. The number of fused-ring (bicyclic) bond motifs is 2. The maximum absolute atomic E-state index is 14.9. The lowest BCUT2D eigenvalue weighted by Gasteiger charge is -2.30. The Hall–Kier alpha value is -8.82. The van der Waals surface area contributed by atoms with E-state index in [2.05, 4.69) is 76.1 Å². The van der Waals surface area contributed by atoms with Gasteiger partial charge in [-0.3, -0.25) is 76.2 Å². The molecule has 6 rings (SSSR count). The summed E-state index contributed by atoms with van der Waals surface area (Å²) in [6.45, 7) is 0.624. The molecule has 3 aliphatic rings. The first kappa shape index (κ1) is 68.3. The summed E-state index contributed by atoms with van der Waals surface area (Å²) in [5.41, 5.74) is 1.66. The molecule has 4 heterocycles. The number of rotatable bonds is 19. The normalized spacial score (nSPS) is 22.3. The number of thiol groups is 1. The average Bonchev–Trinajstić information content (AvgIpc) is 2.76. The fourth-order valence-electron chi connectivity index (χ4n) is 9.57. The van der Waals surface area contributed by atoms with E-state index in [-0.39, 0.29) is 62.5 Å². The highest BCUT2D eigenvalue weighted by Crippen LogP contribution is 2.26. The summed E-state index contributed by atoms with van der Waals surface area (Å²) in [6, 6.07) is 5.64. The minimum absolute atomic E-state index is 0.0115. The van der Waals surface area contributed by atoms with Gasteiger partial charge < -0.3 is 78.6 Å². The molecule has 3 aromatic rings. The van der Waals surface area contributed by atoms with Gasteiger partial charge in [0.15, 0.2) is 5.37 Å². The first-order valence-electron chi connectivity index (χ1n) is 28.2. The van der Waals surface area contributed by atoms with E-state index in [1.54, 1.807) is 38.1 Å². The number of aryl methyl sites for hydroxylation is 1. The molecule has 3 aliphatic heterocycles. The van der Waals surface area contributed by atoms with Crippen molar-refractivity contribution in [1.29, 1.82) is 0 Å². The molecule has 2 aromatic carbocycles. The van der Waals surface area contributed by atoms with Crippen LogP contribution in [0.25, 0.3) is 10.9 Å². The van der Waals surface area contributed by atoms with Crippen LogP contribution in [0.5, 0.6) is 0 Å². The number of para-hydroxylation sites is 1. The van der Waals surface area contributed by atoms with Crippen LogP contribution in [0.15, 0.2) is 53.6 Å². The van der Waals surface area contributed by atoms with Gasteiger partial charge in [-0.2, -0.15) is 12.6 Å². The Kier molecular flexibility index (Phi) is 25.0. The maximum atomic E-state index is 14.9. The number of anilines is 1. The van der Waals surface area contributed by atoms with Crippen LogP contribution < -0.4 is 58.5 Å². The average molecular weight is 1270 g/mol. The van der Waals surface area contributed by atoms with E-state index in [0.29, 0.717) is 28.5 Å². The molecule has 3 saturated heterocycles. The van der Waals surface area contributed by atoms with E-state index >= 15 is 0 Å². The number of carbonyl (C=O) groups is 14. The van der Waals surface area contributed by atoms with Crippen LogP contribution in [-0.4, -0.2) is 205 Å². The van der Waals surface area contributed by atoms with Crippen LogP contribution in [0.2, 0.25) is 0 Å². The van der Waals surface area contributed by atoms with Crippen molar-refractivity contribution in [2.45, 2.75) is 131 Å². The summed E-state index contributed by atoms with van der Waals surface area (Å²) in [6.07, 6.45) is -2.71. The molecule has 0 radical (unpaired) electrons. The first-order valence-corrected chi connectivity index (χ1v) is 29.9. The number of amides is 14. The predicted molar refractivity (Wildman–Crippen MR) is 314 cm³/mol. The van der Waals surface area contributed by atoms with Crippen molar-refractivity contribution < 1.29 is 81.5 Å². The molecule has 0 bridgehead atoms. The Labute approximate surface area is 511 Å². The minimum Gasteiger partial charge on any atom is -0.394 e. The van der Waals surface area contributed by atoms with Crippen molar-refractivity contribution >= 4 is 123 Å². The SMILES string of the molecule is CCCC1NC(=O)CNC(=O)CNC(=O)[C@H](C[C@@H](O)CO)NC(=O)[C@@H]2CCCN2C(=O)[C@H](CC(=O)NCc2ccc(NC(=O)[C@H](C)NC(=O)CNC(=O)CCN3C(=O)CC(S)C3=O)cc2)NC(=O)C(S(=O)c2[nH]c3ccccc3c2C)NC(=O)CNC1=O. The molecular weight excluding hydrogens is 1190 g/mol. The Morgan fingerprint density at radius 2 is 1.42 bits per heavy atom. The predicted octanol–water partition coefficient (Wildman–Crippen LogP) is -4.91. The second-order valence-corrected chi connectivity index (χ2v) is 23.1. The zero-order valence-corrected chi connectivity index (χ0v) is 50.0. The van der Waals surface area contributed by atoms with Crippen LogP contribution in [0.1, 0.15) is 76.3 Å². The smallest absolute Gasteiger partial charge is 0.256 e. The first-order chi connectivity index (χ1) is 41.9. The number of nitrogens with zero attached hydrogens (tertiary/aromatic N) is 2. The van der Waals surface area contributed by atoms with E-state index < -0.39 is 186 Å². The van der Waals surface area contributed by atoms with Crippen molar-refractivity contribution in [1.82, 2.24) is 68.0 Å². The highest BCUT2D eigenvalue weighted by Gasteiger charge is 2.42. The minimum atomic E-state index is -2.52. The number of hydrogen-bond acceptors (Lipinski definition) is 18. The molecule has 14 N–H and O–H groups in total. The van der Waals surface area contributed by atoms with Crippen molar-refractivity contribution in [3.63, 3.8) is 0 Å². The number of nitrogens with one attached hydrogen (secondary N) is 12. The van der Waals surface area contributed by atoms with Crippen molar-refractivity contribution in [2.75, 3.05) is 51.2 Å². The number of carbonyl (C=O) groups excluding carboxylic acids is 14. The van der Waals surface area contributed by atoms with Gasteiger partial charge in [-0.05, 0) is 62.4 Å². The Morgan fingerprint density at radius 3 is 2.09 bits per heavy atom. The molecule has 0 spiro atoms. The Bertz CT molecular complexity index is 3200. The van der Waals surface area contributed by atoms with E-state index in [1.807, 2.05) is 0 Å². The van der Waals surface area contributed by atoms with Crippen LogP contribution in [0.3, 0.4) is 0 Å². The van der Waals surface area contributed by atoms with Crippen molar-refractivity contribution in [2.24, 2.45) is 0 Å². The molecule has 0 aliphatic carbocycles. The molecule has 33 heteroatoms. The number of aromatic amines is 1. The molecule has 88 heavy (non-hydrogen) atoms. The van der Waals surface area contributed by atoms with Gasteiger partial charge in [-0.1, -0.05) is 43.7 Å². The third kappa shape index (κ3) is 19.1. The highest BCUT2D eigenvalue weighted by molar-refractivity contribution is 7.86. The quantitative estimate of drug-likeness (QED) is 0.0395. The molecule has 0 saturated carbocycles. The van der Waals surface area contributed by atoms with Gasteiger partial charge in [0, 0.05) is 55.5 Å². The third-order valence-electron chi connectivity index (χ3n) is 14.3. The summed E-state index contributed by atoms with van der Waals surface area (Å²) in [5, 5.41) is 44.6. The van der Waals surface area contributed by atoms with Gasteiger partial charge in [0.05, 0.1) is 50.6 Å². The number of benzene rings is 2. The Morgan fingerprint density at radius 1 is 0.761 bits per heavy atom. The number of H-pyrrole nitrogens is 1. The summed E-state index contributed by atoms with van der Waals surface area (Å²) >= 11 is 4.04. The molecule has 4 unspecified atom stereocenters. The van der Waals surface area contributed by atoms with E-state index in [4.69, 9.17) is 0 Å². The second-order valence-electron chi connectivity index (χ2n) is 21.0. The zero-order chi connectivity index (χ0) is 64.4. The van der Waals surface area contributed by atoms with Gasteiger partial charge >= 0.3 is 0 Å². The fraction of sp³-hybridized carbons (Fsp3) is 0.491. The number of aliphatic hydroxyl groups is 2. The number of aliphatic hydroxyl groups excluding tert-OH is 2. The van der Waals surface area contributed by atoms with E-state index in [0.717, 1.165) is 9.80 Å². The van der Waals surface area contributed by atoms with Crippen LogP contribution >= 0.6 is 12.6 Å². The number of imide groups is 1. The lowest BCUT2D eigenvalue weighted by Crippen LogP contribution is -2.60. The molecular formula is C55H72N14O17S2. The summed E-state index contributed by atoms with van der Waals surface area (Å²) in [4.78, 5) is 191. The van der Waals surface area contributed by atoms with E-state index in [9.17, 15) is 81.5 Å². The van der Waals surface area contributed by atoms with Gasteiger partial charge in [0.2, 0.25) is 76.8 Å². The molecule has 31 nitrogen and oxygen atoms in total. The van der Waals surface area contributed by atoms with Gasteiger partial charge in [0.1, 0.15) is 46.0 Å². The topological polar surface area (TPSA) is 451 Å². The lowest BCUT2D eigenvalue weighted by molar-refractivity contribution is -0.143. The van der Waals surface area contributed by atoms with Crippen LogP contribution in [0.4, 0.5) is 5.69 Å². The van der Waals surface area contributed by atoms with Crippen molar-refractivity contribution in [3.8, 4) is 0 Å². The number of aromatic nitrogens is 1. The van der Waals surface area contributed by atoms with E-state index in [1.165, 1.54) is 31.2 Å². The number of hydrogen-bond donors (Lipinski definition) is 15. The molecule has 476 valence electrons. The third-order valence-corrected chi connectivity index (χ3v) is 16.3. The molecule has 1 aromatic heterocycles. The maximum Gasteiger partial charge on any atom is 0.256 e. The number of likely N-dealkylation sites (tertiary alicyclic amines) is 1. The van der Waals surface area contributed by atoms with Gasteiger partial charge in [-0.25, -0.2) is 0 Å². The highest BCUT2D eigenvalue weighted by atomic mass is 32.2. The summed E-state index contributed by atoms with van der Waals surface area (Å²) in [7, 11) is -2.52. The van der Waals surface area contributed by atoms with Crippen molar-refractivity contribution in [3.05, 3.63) is 59.7 Å². The largest absolute Gasteiger partial charge is 0.394 e.